The molecular weight excluding hydrogens is 264 g/mol. The highest BCUT2D eigenvalue weighted by molar-refractivity contribution is 5.84. The molecule has 4 heteroatoms. The quantitative estimate of drug-likeness (QED) is 0.819. The second-order valence-electron chi connectivity index (χ2n) is 5.94. The number of benzene rings is 1. The third-order valence-electron chi connectivity index (χ3n) is 4.42. The van der Waals surface area contributed by atoms with Crippen molar-refractivity contribution in [2.75, 3.05) is 18.9 Å². The van der Waals surface area contributed by atoms with Crippen molar-refractivity contribution in [3.63, 3.8) is 0 Å². The van der Waals surface area contributed by atoms with Gasteiger partial charge in [0.2, 0.25) is 5.91 Å². The minimum atomic E-state index is -0.220. The standard InChI is InChI=1S/C17H26N2O2/c1-13(14-6-5-7-15(18)12-14)17(21)19(10-11-20)16-8-3-2-4-9-16/h5-7,12-13,16,20H,2-4,8-11,18H2,1H3. The zero-order valence-electron chi connectivity index (χ0n) is 12.8. The van der Waals surface area contributed by atoms with Gasteiger partial charge in [-0.3, -0.25) is 4.79 Å². The van der Waals surface area contributed by atoms with Crippen LogP contribution in [0.25, 0.3) is 0 Å². The molecule has 0 aliphatic heterocycles. The maximum atomic E-state index is 12.8. The molecule has 0 aromatic heterocycles. The molecule has 0 heterocycles. The van der Waals surface area contributed by atoms with E-state index in [2.05, 4.69) is 0 Å². The van der Waals surface area contributed by atoms with E-state index in [1.54, 1.807) is 0 Å². The van der Waals surface area contributed by atoms with Gasteiger partial charge in [0.1, 0.15) is 0 Å². The van der Waals surface area contributed by atoms with Gasteiger partial charge < -0.3 is 15.7 Å². The summed E-state index contributed by atoms with van der Waals surface area (Å²) in [4.78, 5) is 14.7. The lowest BCUT2D eigenvalue weighted by Gasteiger charge is -2.35. The number of amides is 1. The molecule has 4 nitrogen and oxygen atoms in total. The van der Waals surface area contributed by atoms with Crippen LogP contribution in [0.1, 0.15) is 50.5 Å². The number of carbonyl (C=O) groups excluding carboxylic acids is 1. The summed E-state index contributed by atoms with van der Waals surface area (Å²) in [5.74, 6) is -0.122. The van der Waals surface area contributed by atoms with Crippen LogP contribution in [0, 0.1) is 0 Å². The molecule has 1 saturated carbocycles. The average molecular weight is 290 g/mol. The van der Waals surface area contributed by atoms with Gasteiger partial charge in [-0.15, -0.1) is 0 Å². The lowest BCUT2D eigenvalue weighted by atomic mass is 9.92. The van der Waals surface area contributed by atoms with Crippen LogP contribution in [0.2, 0.25) is 0 Å². The van der Waals surface area contributed by atoms with Gasteiger partial charge in [0.15, 0.2) is 0 Å². The highest BCUT2D eigenvalue weighted by atomic mass is 16.3. The maximum Gasteiger partial charge on any atom is 0.230 e. The van der Waals surface area contributed by atoms with E-state index >= 15 is 0 Å². The summed E-state index contributed by atoms with van der Waals surface area (Å²) in [6.07, 6.45) is 5.70. The number of anilines is 1. The molecule has 21 heavy (non-hydrogen) atoms. The Hall–Kier alpha value is -1.55. The van der Waals surface area contributed by atoms with Crippen LogP contribution in [0.5, 0.6) is 0 Å². The molecular formula is C17H26N2O2. The summed E-state index contributed by atoms with van der Waals surface area (Å²) < 4.78 is 0. The number of rotatable bonds is 5. The summed E-state index contributed by atoms with van der Waals surface area (Å²) in [6, 6.07) is 7.79. The number of hydrogen-bond acceptors (Lipinski definition) is 3. The Morgan fingerprint density at radius 1 is 1.38 bits per heavy atom. The molecule has 0 radical (unpaired) electrons. The van der Waals surface area contributed by atoms with Crippen LogP contribution in [0.3, 0.4) is 0 Å². The number of aliphatic hydroxyl groups is 1. The van der Waals surface area contributed by atoms with Crippen LogP contribution in [-0.4, -0.2) is 35.1 Å². The van der Waals surface area contributed by atoms with E-state index in [4.69, 9.17) is 5.73 Å². The van der Waals surface area contributed by atoms with Gasteiger partial charge in [-0.2, -0.15) is 0 Å². The molecule has 1 aromatic rings. The van der Waals surface area contributed by atoms with Crippen molar-refractivity contribution in [1.29, 1.82) is 0 Å². The summed E-state index contributed by atoms with van der Waals surface area (Å²) in [5.41, 5.74) is 7.43. The lowest BCUT2D eigenvalue weighted by molar-refractivity contribution is -0.136. The minimum absolute atomic E-state index is 0.0197. The Morgan fingerprint density at radius 2 is 2.10 bits per heavy atom. The highest BCUT2D eigenvalue weighted by Gasteiger charge is 2.28. The molecule has 1 aliphatic carbocycles. The van der Waals surface area contributed by atoms with Gasteiger partial charge in [0.25, 0.3) is 0 Å². The number of nitrogen functional groups attached to an aromatic ring is 1. The van der Waals surface area contributed by atoms with Crippen LogP contribution in [-0.2, 0) is 4.79 Å². The zero-order chi connectivity index (χ0) is 15.2. The van der Waals surface area contributed by atoms with E-state index in [0.29, 0.717) is 12.2 Å². The van der Waals surface area contributed by atoms with E-state index in [1.807, 2.05) is 36.1 Å². The maximum absolute atomic E-state index is 12.8. The number of nitrogens with zero attached hydrogens (tertiary/aromatic N) is 1. The largest absolute Gasteiger partial charge is 0.399 e. The summed E-state index contributed by atoms with van der Waals surface area (Å²) >= 11 is 0. The Kier molecular flexibility index (Phi) is 5.62. The van der Waals surface area contributed by atoms with Crippen molar-refractivity contribution in [2.24, 2.45) is 0 Å². The molecule has 1 unspecified atom stereocenters. The van der Waals surface area contributed by atoms with Gasteiger partial charge >= 0.3 is 0 Å². The highest BCUT2D eigenvalue weighted by Crippen LogP contribution is 2.27. The Labute approximate surface area is 126 Å². The van der Waals surface area contributed by atoms with E-state index < -0.39 is 0 Å². The van der Waals surface area contributed by atoms with E-state index in [0.717, 1.165) is 18.4 Å². The molecule has 0 bridgehead atoms. The van der Waals surface area contributed by atoms with Crippen LogP contribution >= 0.6 is 0 Å². The molecule has 0 saturated heterocycles. The smallest absolute Gasteiger partial charge is 0.230 e. The van der Waals surface area contributed by atoms with Crippen LogP contribution < -0.4 is 5.73 Å². The average Bonchev–Trinajstić information content (AvgIpc) is 2.52. The molecule has 1 aromatic carbocycles. The van der Waals surface area contributed by atoms with Crippen molar-refractivity contribution >= 4 is 11.6 Å². The molecule has 1 amide bonds. The first-order chi connectivity index (χ1) is 10.1. The fourth-order valence-electron chi connectivity index (χ4n) is 3.19. The van der Waals surface area contributed by atoms with Crippen LogP contribution in [0.4, 0.5) is 5.69 Å². The second-order valence-corrected chi connectivity index (χ2v) is 5.94. The molecule has 2 rings (SSSR count). The molecule has 0 spiro atoms. The number of hydrogen-bond donors (Lipinski definition) is 2. The van der Waals surface area contributed by atoms with Crippen LogP contribution in [0.15, 0.2) is 24.3 Å². The lowest BCUT2D eigenvalue weighted by Crippen LogP contribution is -2.44. The molecule has 1 fully saturated rings. The van der Waals surface area contributed by atoms with Gasteiger partial charge in [0.05, 0.1) is 12.5 Å². The van der Waals surface area contributed by atoms with Crippen molar-refractivity contribution in [2.45, 2.75) is 51.0 Å². The van der Waals surface area contributed by atoms with Gasteiger partial charge in [-0.05, 0) is 37.5 Å². The Bertz CT molecular complexity index is 470. The van der Waals surface area contributed by atoms with Gasteiger partial charge in [-0.25, -0.2) is 0 Å². The van der Waals surface area contributed by atoms with Crippen molar-refractivity contribution in [1.82, 2.24) is 4.90 Å². The van der Waals surface area contributed by atoms with E-state index in [1.165, 1.54) is 19.3 Å². The molecule has 3 N–H and O–H groups in total. The predicted octanol–water partition coefficient (Wildman–Crippen LogP) is 2.53. The zero-order valence-corrected chi connectivity index (χ0v) is 12.8. The molecule has 1 atom stereocenters. The Balaban J connectivity index is 2.13. The third kappa shape index (κ3) is 3.97. The fourth-order valence-corrected chi connectivity index (χ4v) is 3.19. The normalized spacial score (nSPS) is 17.4. The van der Waals surface area contributed by atoms with Gasteiger partial charge in [-0.1, -0.05) is 31.4 Å². The number of carbonyl (C=O) groups is 1. The predicted molar refractivity (Wildman–Crippen MR) is 84.9 cm³/mol. The van der Waals surface area contributed by atoms with E-state index in [9.17, 15) is 9.90 Å². The summed E-state index contributed by atoms with van der Waals surface area (Å²) in [7, 11) is 0. The topological polar surface area (TPSA) is 66.6 Å². The number of nitrogens with two attached hydrogens (primary N) is 1. The first kappa shape index (κ1) is 15.8. The van der Waals surface area contributed by atoms with Crippen molar-refractivity contribution < 1.29 is 9.90 Å². The first-order valence-corrected chi connectivity index (χ1v) is 7.90. The fraction of sp³-hybridized carbons (Fsp3) is 0.588. The van der Waals surface area contributed by atoms with Crippen molar-refractivity contribution in [3.8, 4) is 0 Å². The first-order valence-electron chi connectivity index (χ1n) is 7.90. The van der Waals surface area contributed by atoms with Crippen molar-refractivity contribution in [3.05, 3.63) is 29.8 Å². The minimum Gasteiger partial charge on any atom is -0.399 e. The Morgan fingerprint density at radius 3 is 2.71 bits per heavy atom. The van der Waals surface area contributed by atoms with Gasteiger partial charge in [0, 0.05) is 18.3 Å². The monoisotopic (exact) mass is 290 g/mol. The summed E-state index contributed by atoms with van der Waals surface area (Å²) in [5, 5.41) is 9.30. The molecule has 116 valence electrons. The summed E-state index contributed by atoms with van der Waals surface area (Å²) in [6.45, 7) is 2.37. The molecule has 1 aliphatic rings. The third-order valence-corrected chi connectivity index (χ3v) is 4.42. The second kappa shape index (κ2) is 7.46. The van der Waals surface area contributed by atoms with E-state index in [-0.39, 0.29) is 24.5 Å². The number of aliphatic hydroxyl groups excluding tert-OH is 1. The SMILES string of the molecule is CC(C(=O)N(CCO)C1CCCCC1)c1cccc(N)c1.